The molecule has 136 valence electrons. The average molecular weight is 377 g/mol. The van der Waals surface area contributed by atoms with Crippen LogP contribution >= 0.6 is 0 Å². The number of rotatable bonds is 5. The minimum Gasteiger partial charge on any atom is -0.489 e. The van der Waals surface area contributed by atoms with Crippen LogP contribution in [0.15, 0.2) is 90.0 Å². The van der Waals surface area contributed by atoms with Gasteiger partial charge in [-0.25, -0.2) is 12.4 Å². The van der Waals surface area contributed by atoms with Crippen molar-refractivity contribution in [1.29, 1.82) is 0 Å². The van der Waals surface area contributed by atoms with Crippen molar-refractivity contribution in [3.8, 4) is 5.75 Å². The maximum absolute atomic E-state index is 12.9. The average Bonchev–Trinajstić information content (AvgIpc) is 3.11. The summed E-state index contributed by atoms with van der Waals surface area (Å²) in [4.78, 5) is 0.273. The first-order valence-electron chi connectivity index (χ1n) is 8.64. The van der Waals surface area contributed by atoms with Gasteiger partial charge < -0.3 is 4.74 Å². The molecule has 0 bridgehead atoms. The quantitative estimate of drug-likeness (QED) is 0.503. The summed E-state index contributed by atoms with van der Waals surface area (Å²) in [6.07, 6.45) is 1.58. The first kappa shape index (κ1) is 17.4. The fourth-order valence-electron chi connectivity index (χ4n) is 2.96. The molecule has 3 aromatic carbocycles. The van der Waals surface area contributed by atoms with Crippen LogP contribution in [0.2, 0.25) is 0 Å². The third-order valence-electron chi connectivity index (χ3n) is 4.45. The molecule has 1 heterocycles. The minimum atomic E-state index is -3.63. The van der Waals surface area contributed by atoms with E-state index in [-0.39, 0.29) is 4.90 Å². The number of nitrogens with zero attached hydrogens (tertiary/aromatic N) is 1. The molecule has 4 nitrogen and oxygen atoms in total. The summed E-state index contributed by atoms with van der Waals surface area (Å²) in [5.74, 6) is 0.705. The van der Waals surface area contributed by atoms with Gasteiger partial charge in [0.1, 0.15) is 12.4 Å². The van der Waals surface area contributed by atoms with Gasteiger partial charge in [-0.15, -0.1) is 0 Å². The molecule has 0 radical (unpaired) electrons. The van der Waals surface area contributed by atoms with Gasteiger partial charge in [0.2, 0.25) is 0 Å². The molecule has 0 amide bonds. The standard InChI is InChI=1S/C22H19NO3S/c1-17-7-10-21(11-8-17)27(24,25)23-14-13-19-15-20(9-12-22(19)23)26-16-18-5-3-2-4-6-18/h2-15H,16H2,1H3. The third-order valence-corrected chi connectivity index (χ3v) is 6.16. The van der Waals surface area contributed by atoms with Gasteiger partial charge in [0.25, 0.3) is 10.0 Å². The lowest BCUT2D eigenvalue weighted by Gasteiger charge is -2.09. The Kier molecular flexibility index (Phi) is 4.46. The van der Waals surface area contributed by atoms with E-state index in [1.165, 1.54) is 3.97 Å². The van der Waals surface area contributed by atoms with Gasteiger partial charge in [-0.1, -0.05) is 48.0 Å². The molecule has 0 aliphatic rings. The molecule has 5 heteroatoms. The van der Waals surface area contributed by atoms with Gasteiger partial charge in [0.05, 0.1) is 10.4 Å². The van der Waals surface area contributed by atoms with E-state index in [1.807, 2.05) is 43.3 Å². The van der Waals surface area contributed by atoms with E-state index in [1.54, 1.807) is 48.7 Å². The second-order valence-electron chi connectivity index (χ2n) is 6.42. The zero-order valence-electron chi connectivity index (χ0n) is 14.9. The molecule has 1 aromatic heterocycles. The molecule has 0 N–H and O–H groups in total. The Morgan fingerprint density at radius 2 is 1.63 bits per heavy atom. The SMILES string of the molecule is Cc1ccc(S(=O)(=O)n2ccc3cc(OCc4ccccc4)ccc32)cc1. The number of benzene rings is 3. The summed E-state index contributed by atoms with van der Waals surface area (Å²) in [6, 6.07) is 24.0. The van der Waals surface area contributed by atoms with Crippen molar-refractivity contribution in [3.05, 3.63) is 96.2 Å². The summed E-state index contributed by atoms with van der Waals surface area (Å²) >= 11 is 0. The summed E-state index contributed by atoms with van der Waals surface area (Å²) in [7, 11) is -3.63. The molecule has 0 atom stereocenters. The van der Waals surface area contributed by atoms with Crippen LogP contribution in [-0.2, 0) is 16.6 Å². The van der Waals surface area contributed by atoms with Crippen molar-refractivity contribution in [2.45, 2.75) is 18.4 Å². The normalized spacial score (nSPS) is 11.6. The van der Waals surface area contributed by atoms with E-state index < -0.39 is 10.0 Å². The molecule has 4 rings (SSSR count). The summed E-state index contributed by atoms with van der Waals surface area (Å²) in [6.45, 7) is 2.40. The van der Waals surface area contributed by atoms with Crippen LogP contribution in [0.5, 0.6) is 5.75 Å². The first-order valence-corrected chi connectivity index (χ1v) is 10.1. The van der Waals surface area contributed by atoms with E-state index in [4.69, 9.17) is 4.74 Å². The molecular weight excluding hydrogens is 358 g/mol. The largest absolute Gasteiger partial charge is 0.489 e. The van der Waals surface area contributed by atoms with Crippen LogP contribution in [-0.4, -0.2) is 12.4 Å². The molecule has 0 fully saturated rings. The third kappa shape index (κ3) is 3.46. The molecular formula is C22H19NO3S. The van der Waals surface area contributed by atoms with Gasteiger partial charge in [0.15, 0.2) is 0 Å². The molecule has 0 spiro atoms. The van der Waals surface area contributed by atoms with E-state index in [9.17, 15) is 8.42 Å². The molecule has 4 aromatic rings. The second kappa shape index (κ2) is 6.93. The predicted octanol–water partition coefficient (Wildman–Crippen LogP) is 4.77. The Balaban J connectivity index is 1.63. The Morgan fingerprint density at radius 3 is 2.37 bits per heavy atom. The van der Waals surface area contributed by atoms with Crippen LogP contribution in [0.25, 0.3) is 10.9 Å². The van der Waals surface area contributed by atoms with Crippen molar-refractivity contribution in [1.82, 2.24) is 3.97 Å². The number of aryl methyl sites for hydroxylation is 1. The van der Waals surface area contributed by atoms with Crippen LogP contribution in [0.3, 0.4) is 0 Å². The Hall–Kier alpha value is -3.05. The van der Waals surface area contributed by atoms with Gasteiger partial charge >= 0.3 is 0 Å². The summed E-state index contributed by atoms with van der Waals surface area (Å²) in [5.41, 5.74) is 2.73. The van der Waals surface area contributed by atoms with Gasteiger partial charge in [0, 0.05) is 11.6 Å². The fraction of sp³-hybridized carbons (Fsp3) is 0.0909. The van der Waals surface area contributed by atoms with Crippen LogP contribution < -0.4 is 4.74 Å². The lowest BCUT2D eigenvalue weighted by atomic mass is 10.2. The maximum Gasteiger partial charge on any atom is 0.268 e. The smallest absolute Gasteiger partial charge is 0.268 e. The van der Waals surface area contributed by atoms with Gasteiger partial charge in [-0.3, -0.25) is 0 Å². The number of ether oxygens (including phenoxy) is 1. The van der Waals surface area contributed by atoms with Crippen LogP contribution in [0.4, 0.5) is 0 Å². The van der Waals surface area contributed by atoms with Crippen molar-refractivity contribution < 1.29 is 13.2 Å². The van der Waals surface area contributed by atoms with Crippen LogP contribution in [0, 0.1) is 6.92 Å². The molecule has 0 unspecified atom stereocenters. The highest BCUT2D eigenvalue weighted by atomic mass is 32.2. The maximum atomic E-state index is 12.9. The molecule has 0 saturated carbocycles. The minimum absolute atomic E-state index is 0.273. The van der Waals surface area contributed by atoms with Crippen molar-refractivity contribution in [2.75, 3.05) is 0 Å². The number of fused-ring (bicyclic) bond motifs is 1. The lowest BCUT2D eigenvalue weighted by Crippen LogP contribution is -2.11. The molecule has 0 aliphatic carbocycles. The first-order chi connectivity index (χ1) is 13.0. The number of hydrogen-bond donors (Lipinski definition) is 0. The highest BCUT2D eigenvalue weighted by Gasteiger charge is 2.18. The highest BCUT2D eigenvalue weighted by Crippen LogP contribution is 2.26. The number of aromatic nitrogens is 1. The van der Waals surface area contributed by atoms with Crippen LogP contribution in [0.1, 0.15) is 11.1 Å². The molecule has 0 aliphatic heterocycles. The van der Waals surface area contributed by atoms with Crippen molar-refractivity contribution >= 4 is 20.9 Å². The van der Waals surface area contributed by atoms with Crippen molar-refractivity contribution in [2.24, 2.45) is 0 Å². The molecule has 0 saturated heterocycles. The van der Waals surface area contributed by atoms with Crippen molar-refractivity contribution in [3.63, 3.8) is 0 Å². The predicted molar refractivity (Wildman–Crippen MR) is 106 cm³/mol. The van der Waals surface area contributed by atoms with E-state index >= 15 is 0 Å². The Labute approximate surface area is 158 Å². The summed E-state index contributed by atoms with van der Waals surface area (Å²) < 4.78 is 33.0. The zero-order chi connectivity index (χ0) is 18.9. The fourth-order valence-corrected chi connectivity index (χ4v) is 4.31. The van der Waals surface area contributed by atoms with Gasteiger partial charge in [-0.2, -0.15) is 0 Å². The number of hydrogen-bond acceptors (Lipinski definition) is 3. The van der Waals surface area contributed by atoms with Gasteiger partial charge in [-0.05, 0) is 48.9 Å². The monoisotopic (exact) mass is 377 g/mol. The van der Waals surface area contributed by atoms with E-state index in [0.29, 0.717) is 17.9 Å². The Bertz CT molecular complexity index is 1180. The highest BCUT2D eigenvalue weighted by molar-refractivity contribution is 7.90. The van der Waals surface area contributed by atoms with E-state index in [2.05, 4.69) is 0 Å². The van der Waals surface area contributed by atoms with E-state index in [0.717, 1.165) is 16.5 Å². The lowest BCUT2D eigenvalue weighted by molar-refractivity contribution is 0.306. The second-order valence-corrected chi connectivity index (χ2v) is 8.24. The zero-order valence-corrected chi connectivity index (χ0v) is 15.7. The Morgan fingerprint density at radius 1 is 0.889 bits per heavy atom. The summed E-state index contributed by atoms with van der Waals surface area (Å²) in [5, 5.41) is 0.816. The molecule has 27 heavy (non-hydrogen) atoms. The topological polar surface area (TPSA) is 48.3 Å².